The Morgan fingerprint density at radius 2 is 2.00 bits per heavy atom. The van der Waals surface area contributed by atoms with E-state index in [4.69, 9.17) is 4.74 Å². The lowest BCUT2D eigenvalue weighted by Gasteiger charge is -2.30. The number of benzene rings is 2. The minimum absolute atomic E-state index is 0.0902. The van der Waals surface area contributed by atoms with E-state index in [9.17, 15) is 18.0 Å². The molecule has 0 aromatic heterocycles. The fraction of sp³-hybridized carbons (Fsp3) is 0.300. The summed E-state index contributed by atoms with van der Waals surface area (Å²) in [5.74, 6) is -0.391. The molecule has 2 aromatic rings. The van der Waals surface area contributed by atoms with Crippen LogP contribution in [-0.2, 0) is 26.0 Å². The van der Waals surface area contributed by atoms with Crippen LogP contribution >= 0.6 is 0 Å². The fourth-order valence-corrected chi connectivity index (χ4v) is 5.14. The number of nitrogens with zero attached hydrogens (tertiary/aromatic N) is 2. The molecule has 0 aliphatic carbocycles. The lowest BCUT2D eigenvalue weighted by atomic mass is 10.2. The topological polar surface area (TPSA) is 108 Å². The first-order valence-electron chi connectivity index (χ1n) is 9.50. The van der Waals surface area contributed by atoms with E-state index in [-0.39, 0.29) is 17.5 Å². The standard InChI is InChI=1S/C20H22N4O5S/c1-29-11-9-21-20(26)23-10-8-14-12-15(6-7-17(14)23)30(27,28)24-13-19(25)22-16-4-2-3-5-18(16)24/h2-7,12H,8-11,13H2,1H3,(H,21,26)(H,22,25). The number of nitrogens with one attached hydrogen (secondary N) is 2. The van der Waals surface area contributed by atoms with Crippen molar-refractivity contribution in [1.82, 2.24) is 5.32 Å². The number of urea groups is 1. The van der Waals surface area contributed by atoms with Crippen molar-refractivity contribution >= 4 is 39.0 Å². The van der Waals surface area contributed by atoms with Gasteiger partial charge in [0.25, 0.3) is 10.0 Å². The Hall–Kier alpha value is -3.11. The van der Waals surface area contributed by atoms with Crippen LogP contribution < -0.4 is 19.8 Å². The number of fused-ring (bicyclic) bond motifs is 2. The largest absolute Gasteiger partial charge is 0.383 e. The van der Waals surface area contributed by atoms with Gasteiger partial charge in [-0.15, -0.1) is 0 Å². The van der Waals surface area contributed by atoms with Crippen molar-refractivity contribution in [2.24, 2.45) is 0 Å². The summed E-state index contributed by atoms with van der Waals surface area (Å²) in [5.41, 5.74) is 2.34. The van der Waals surface area contributed by atoms with Crippen LogP contribution in [0.1, 0.15) is 5.56 Å². The van der Waals surface area contributed by atoms with Gasteiger partial charge in [-0.25, -0.2) is 13.2 Å². The number of amides is 3. The lowest BCUT2D eigenvalue weighted by molar-refractivity contribution is -0.115. The fourth-order valence-electron chi connectivity index (χ4n) is 3.65. The molecule has 30 heavy (non-hydrogen) atoms. The maximum absolute atomic E-state index is 13.3. The van der Waals surface area contributed by atoms with Crippen LogP contribution in [0.25, 0.3) is 0 Å². The summed E-state index contributed by atoms with van der Waals surface area (Å²) >= 11 is 0. The molecule has 4 rings (SSSR count). The first-order valence-corrected chi connectivity index (χ1v) is 10.9. The Balaban J connectivity index is 1.62. The predicted molar refractivity (Wildman–Crippen MR) is 112 cm³/mol. The molecule has 158 valence electrons. The van der Waals surface area contributed by atoms with Gasteiger partial charge < -0.3 is 15.4 Å². The summed E-state index contributed by atoms with van der Waals surface area (Å²) in [4.78, 5) is 26.1. The molecule has 0 bridgehead atoms. The molecule has 9 nitrogen and oxygen atoms in total. The lowest BCUT2D eigenvalue weighted by Crippen LogP contribution is -2.42. The van der Waals surface area contributed by atoms with Crippen LogP contribution in [0.15, 0.2) is 47.4 Å². The number of methoxy groups -OCH3 is 1. The highest BCUT2D eigenvalue weighted by Gasteiger charge is 2.34. The van der Waals surface area contributed by atoms with E-state index in [0.717, 1.165) is 9.87 Å². The summed E-state index contributed by atoms with van der Waals surface area (Å²) < 4.78 is 32.7. The van der Waals surface area contributed by atoms with E-state index in [2.05, 4.69) is 10.6 Å². The second kappa shape index (κ2) is 7.96. The molecule has 0 atom stereocenters. The van der Waals surface area contributed by atoms with E-state index in [1.165, 1.54) is 6.07 Å². The van der Waals surface area contributed by atoms with Gasteiger partial charge in [0.15, 0.2) is 0 Å². The molecular formula is C20H22N4O5S. The summed E-state index contributed by atoms with van der Waals surface area (Å²) in [6.45, 7) is 0.982. The van der Waals surface area contributed by atoms with Gasteiger partial charge in [0.05, 0.1) is 22.9 Å². The van der Waals surface area contributed by atoms with Crippen molar-refractivity contribution in [2.75, 3.05) is 47.9 Å². The third kappa shape index (κ3) is 3.59. The normalized spacial score (nSPS) is 15.4. The third-order valence-electron chi connectivity index (χ3n) is 5.10. The zero-order valence-electron chi connectivity index (χ0n) is 16.4. The molecule has 0 saturated carbocycles. The average molecular weight is 430 g/mol. The Labute approximate surface area is 174 Å². The van der Waals surface area contributed by atoms with Gasteiger partial charge in [-0.2, -0.15) is 0 Å². The number of carbonyl (C=O) groups excluding carboxylic acids is 2. The van der Waals surface area contributed by atoms with Crippen LogP contribution in [-0.4, -0.2) is 53.7 Å². The molecule has 0 saturated heterocycles. The predicted octanol–water partition coefficient (Wildman–Crippen LogP) is 1.55. The second-order valence-corrected chi connectivity index (χ2v) is 8.86. The zero-order chi connectivity index (χ0) is 21.3. The molecule has 0 spiro atoms. The van der Waals surface area contributed by atoms with Crippen LogP contribution in [0.2, 0.25) is 0 Å². The van der Waals surface area contributed by atoms with Crippen molar-refractivity contribution in [3.8, 4) is 0 Å². The van der Waals surface area contributed by atoms with Gasteiger partial charge >= 0.3 is 6.03 Å². The number of hydrogen-bond acceptors (Lipinski definition) is 5. The Kier molecular flexibility index (Phi) is 5.35. The average Bonchev–Trinajstić information content (AvgIpc) is 3.16. The van der Waals surface area contributed by atoms with E-state index in [1.807, 2.05) is 0 Å². The molecular weight excluding hydrogens is 408 g/mol. The van der Waals surface area contributed by atoms with Crippen molar-refractivity contribution in [3.63, 3.8) is 0 Å². The highest BCUT2D eigenvalue weighted by molar-refractivity contribution is 7.92. The quantitative estimate of drug-likeness (QED) is 0.700. The molecule has 10 heteroatoms. The van der Waals surface area contributed by atoms with Crippen LogP contribution in [0, 0.1) is 0 Å². The Morgan fingerprint density at radius 1 is 1.20 bits per heavy atom. The first-order chi connectivity index (χ1) is 14.4. The monoisotopic (exact) mass is 430 g/mol. The molecule has 2 aromatic carbocycles. The number of carbonyl (C=O) groups is 2. The number of ether oxygens (including phenoxy) is 1. The molecule has 2 N–H and O–H groups in total. The van der Waals surface area contributed by atoms with Crippen LogP contribution in [0.4, 0.5) is 21.9 Å². The number of rotatable bonds is 5. The van der Waals surface area contributed by atoms with E-state index < -0.39 is 15.9 Å². The van der Waals surface area contributed by atoms with Crippen molar-refractivity contribution < 1.29 is 22.7 Å². The molecule has 2 heterocycles. The number of hydrogen-bond donors (Lipinski definition) is 2. The van der Waals surface area contributed by atoms with Crippen molar-refractivity contribution in [3.05, 3.63) is 48.0 Å². The maximum atomic E-state index is 13.3. The number of para-hydroxylation sites is 2. The minimum atomic E-state index is -3.95. The summed E-state index contributed by atoms with van der Waals surface area (Å²) in [5, 5.41) is 5.46. The summed E-state index contributed by atoms with van der Waals surface area (Å²) in [6.07, 6.45) is 0.549. The minimum Gasteiger partial charge on any atom is -0.383 e. The zero-order valence-corrected chi connectivity index (χ0v) is 17.2. The van der Waals surface area contributed by atoms with Gasteiger partial charge in [0, 0.05) is 25.9 Å². The molecule has 0 unspecified atom stereocenters. The summed E-state index contributed by atoms with van der Waals surface area (Å²) in [7, 11) is -2.39. The van der Waals surface area contributed by atoms with Crippen LogP contribution in [0.3, 0.4) is 0 Å². The van der Waals surface area contributed by atoms with Gasteiger partial charge in [-0.1, -0.05) is 12.1 Å². The van der Waals surface area contributed by atoms with E-state index in [1.54, 1.807) is 48.4 Å². The first kappa shape index (κ1) is 20.2. The highest BCUT2D eigenvalue weighted by Crippen LogP contribution is 2.35. The Bertz CT molecular complexity index is 1100. The summed E-state index contributed by atoms with van der Waals surface area (Å²) in [6, 6.07) is 11.2. The Morgan fingerprint density at radius 3 is 2.80 bits per heavy atom. The molecule has 0 radical (unpaired) electrons. The van der Waals surface area contributed by atoms with E-state index in [0.29, 0.717) is 43.2 Å². The van der Waals surface area contributed by atoms with E-state index >= 15 is 0 Å². The third-order valence-corrected chi connectivity index (χ3v) is 6.85. The van der Waals surface area contributed by atoms with Gasteiger partial charge in [-0.05, 0) is 42.3 Å². The SMILES string of the molecule is COCCNC(=O)N1CCc2cc(S(=O)(=O)N3CC(=O)Nc4ccccc43)ccc21. The van der Waals surface area contributed by atoms with Crippen molar-refractivity contribution in [1.29, 1.82) is 0 Å². The van der Waals surface area contributed by atoms with Gasteiger partial charge in [-0.3, -0.25) is 14.0 Å². The number of anilines is 3. The van der Waals surface area contributed by atoms with Gasteiger partial charge in [0.1, 0.15) is 6.54 Å². The smallest absolute Gasteiger partial charge is 0.321 e. The highest BCUT2D eigenvalue weighted by atomic mass is 32.2. The maximum Gasteiger partial charge on any atom is 0.321 e. The van der Waals surface area contributed by atoms with Gasteiger partial charge in [0.2, 0.25) is 5.91 Å². The molecule has 3 amide bonds. The number of sulfonamides is 1. The van der Waals surface area contributed by atoms with Crippen LogP contribution in [0.5, 0.6) is 0 Å². The van der Waals surface area contributed by atoms with Crippen molar-refractivity contribution in [2.45, 2.75) is 11.3 Å². The molecule has 0 fully saturated rings. The molecule has 2 aliphatic heterocycles. The molecule has 2 aliphatic rings. The second-order valence-electron chi connectivity index (χ2n) is 6.99.